The number of hydrogen-bond acceptors (Lipinski definition) is 0. The van der Waals surface area contributed by atoms with E-state index in [0.29, 0.717) is 0 Å². The summed E-state index contributed by atoms with van der Waals surface area (Å²) in [6.07, 6.45) is 0. The zero-order chi connectivity index (χ0) is 7.83. The van der Waals surface area contributed by atoms with Crippen molar-refractivity contribution >= 4 is 0 Å². The maximum atomic E-state index is 2.32. The van der Waals surface area contributed by atoms with Gasteiger partial charge in [-0.05, 0) is 0 Å². The molecule has 3 heteroatoms. The number of likely N-dealkylation sites (N-methyl/N-ethyl adjacent to an activating group) is 2. The predicted octanol–water partition coefficient (Wildman–Crippen LogP) is -0.672. The Bertz CT molecular complexity index is 104. The van der Waals surface area contributed by atoms with Gasteiger partial charge in [-0.15, -0.1) is 0 Å². The summed E-state index contributed by atoms with van der Waals surface area (Å²) in [6.45, 7) is 5.31. The van der Waals surface area contributed by atoms with E-state index in [0.717, 1.165) is 0 Å². The van der Waals surface area contributed by atoms with Gasteiger partial charge in [0.1, 0.15) is 26.2 Å². The second-order valence-corrected chi connectivity index (χ2v) is 4.77. The van der Waals surface area contributed by atoms with Crippen LogP contribution in [0.2, 0.25) is 0 Å². The van der Waals surface area contributed by atoms with Crippen molar-refractivity contribution in [3.8, 4) is 0 Å². The third kappa shape index (κ3) is 3.18. The second-order valence-electron chi connectivity index (χ2n) is 4.77. The van der Waals surface area contributed by atoms with Gasteiger partial charge < -0.3 is 14.4 Å². The molecular weight excluding hydrogens is 140 g/mol. The Morgan fingerprint density at radius 3 is 1.00 bits per heavy atom. The van der Waals surface area contributed by atoms with Gasteiger partial charge in [-0.1, -0.05) is 0 Å². The summed E-state index contributed by atoms with van der Waals surface area (Å²) in [6, 6.07) is 0. The zero-order valence-electron chi connectivity index (χ0n) is 8.22. The van der Waals surface area contributed by atoms with Crippen LogP contribution in [0.4, 0.5) is 0 Å². The molecule has 0 amide bonds. The summed E-state index contributed by atoms with van der Waals surface area (Å²) in [7, 11) is 9.27. The van der Waals surface area contributed by atoms with E-state index in [1.165, 1.54) is 35.1 Å². The van der Waals surface area contributed by atoms with Gasteiger partial charge in [0.05, 0.1) is 28.2 Å². The summed E-state index contributed by atoms with van der Waals surface area (Å²) in [4.78, 5) is 0. The Hall–Kier alpha value is -0.120. The van der Waals surface area contributed by atoms with Gasteiger partial charge in [0.25, 0.3) is 0 Å². The molecule has 0 aromatic rings. The van der Waals surface area contributed by atoms with Crippen LogP contribution in [0, 0.1) is 0 Å². The fraction of sp³-hybridized carbons (Fsp3) is 1.00. The molecular formula is C8H22N2O+2. The van der Waals surface area contributed by atoms with Gasteiger partial charge >= 0.3 is 0 Å². The molecule has 0 atom stereocenters. The van der Waals surface area contributed by atoms with Gasteiger partial charge in [-0.2, -0.15) is 0 Å². The highest BCUT2D eigenvalue weighted by atomic mass is 16.0. The molecule has 1 fully saturated rings. The van der Waals surface area contributed by atoms with Crippen LogP contribution in [0.15, 0.2) is 0 Å². The maximum absolute atomic E-state index is 2.32. The summed E-state index contributed by atoms with van der Waals surface area (Å²) >= 11 is 0. The van der Waals surface area contributed by atoms with Crippen molar-refractivity contribution in [1.82, 2.24) is 0 Å². The molecule has 3 nitrogen and oxygen atoms in total. The van der Waals surface area contributed by atoms with Crippen molar-refractivity contribution < 1.29 is 14.4 Å². The largest absolute Gasteiger partial charge is 0.412 e. The highest BCUT2D eigenvalue weighted by Gasteiger charge is 2.30. The van der Waals surface area contributed by atoms with Crippen molar-refractivity contribution in [1.29, 1.82) is 0 Å². The van der Waals surface area contributed by atoms with Crippen LogP contribution in [-0.4, -0.2) is 68.8 Å². The highest BCUT2D eigenvalue weighted by Crippen LogP contribution is 2.09. The molecule has 0 radical (unpaired) electrons. The smallest absolute Gasteiger partial charge is 0.128 e. The lowest BCUT2D eigenvalue weighted by molar-refractivity contribution is -0.998. The van der Waals surface area contributed by atoms with Crippen molar-refractivity contribution in [2.75, 3.05) is 54.4 Å². The molecule has 0 aliphatic carbocycles. The number of nitrogens with zero attached hydrogens (tertiary/aromatic N) is 2. The minimum Gasteiger partial charge on any atom is -0.412 e. The lowest BCUT2D eigenvalue weighted by atomic mass is 10.2. The zero-order valence-corrected chi connectivity index (χ0v) is 8.22. The van der Waals surface area contributed by atoms with E-state index in [4.69, 9.17) is 0 Å². The minimum absolute atomic E-state index is 0. The van der Waals surface area contributed by atoms with Crippen LogP contribution in [0.1, 0.15) is 0 Å². The normalized spacial score (nSPS) is 27.3. The van der Waals surface area contributed by atoms with Crippen LogP contribution in [-0.2, 0) is 0 Å². The summed E-state index contributed by atoms with van der Waals surface area (Å²) in [5.41, 5.74) is 0. The van der Waals surface area contributed by atoms with Crippen LogP contribution in [0.25, 0.3) is 0 Å². The number of piperazine rings is 1. The number of hydrogen-bond donors (Lipinski definition) is 0. The van der Waals surface area contributed by atoms with Gasteiger partial charge in [0.2, 0.25) is 0 Å². The molecule has 1 aliphatic heterocycles. The van der Waals surface area contributed by atoms with Crippen molar-refractivity contribution in [2.24, 2.45) is 0 Å². The monoisotopic (exact) mass is 162 g/mol. The van der Waals surface area contributed by atoms with Gasteiger partial charge in [-0.25, -0.2) is 0 Å². The Balaban J connectivity index is 0.000001000. The molecule has 1 heterocycles. The van der Waals surface area contributed by atoms with Crippen LogP contribution in [0.3, 0.4) is 0 Å². The average molecular weight is 162 g/mol. The van der Waals surface area contributed by atoms with E-state index in [9.17, 15) is 0 Å². The van der Waals surface area contributed by atoms with Gasteiger partial charge in [0.15, 0.2) is 0 Å². The third-order valence-corrected chi connectivity index (χ3v) is 2.62. The molecule has 1 saturated heterocycles. The molecule has 1 rings (SSSR count). The molecule has 0 bridgehead atoms. The van der Waals surface area contributed by atoms with Gasteiger partial charge in [0, 0.05) is 0 Å². The molecule has 1 aliphatic rings. The van der Waals surface area contributed by atoms with E-state index < -0.39 is 0 Å². The average Bonchev–Trinajstić information content (AvgIpc) is 1.79. The molecule has 2 N–H and O–H groups in total. The molecule has 0 saturated carbocycles. The first-order valence-electron chi connectivity index (χ1n) is 4.05. The van der Waals surface area contributed by atoms with Crippen molar-refractivity contribution in [3.63, 3.8) is 0 Å². The first-order chi connectivity index (χ1) is 4.41. The fourth-order valence-electron chi connectivity index (χ4n) is 1.31. The lowest BCUT2D eigenvalue weighted by Gasteiger charge is -2.42. The Kier molecular flexibility index (Phi) is 3.06. The van der Waals surface area contributed by atoms with Crippen molar-refractivity contribution in [2.45, 2.75) is 0 Å². The third-order valence-electron chi connectivity index (χ3n) is 2.62. The molecule has 68 valence electrons. The lowest BCUT2D eigenvalue weighted by Crippen LogP contribution is -2.60. The molecule has 0 spiro atoms. The van der Waals surface area contributed by atoms with E-state index in [1.54, 1.807) is 0 Å². The summed E-state index contributed by atoms with van der Waals surface area (Å²) in [5, 5.41) is 0. The standard InChI is InChI=1S/C8H20N2.H2O/c1-9(2)5-7-10(3,4)8-6-9;/h5-8H2,1-4H3;1H2/q+2;. The number of quaternary nitrogens is 2. The predicted molar refractivity (Wildman–Crippen MR) is 47.3 cm³/mol. The Labute approximate surface area is 69.7 Å². The summed E-state index contributed by atoms with van der Waals surface area (Å²) < 4.78 is 2.42. The van der Waals surface area contributed by atoms with E-state index in [2.05, 4.69) is 28.2 Å². The van der Waals surface area contributed by atoms with Crippen LogP contribution < -0.4 is 0 Å². The summed E-state index contributed by atoms with van der Waals surface area (Å²) in [5.74, 6) is 0. The maximum Gasteiger partial charge on any atom is 0.128 e. The van der Waals surface area contributed by atoms with E-state index in [1.807, 2.05) is 0 Å². The SMILES string of the molecule is C[N+]1(C)CC[N+](C)(C)CC1.O. The highest BCUT2D eigenvalue weighted by molar-refractivity contribution is 4.43. The molecule has 0 aromatic heterocycles. The first kappa shape index (κ1) is 10.9. The van der Waals surface area contributed by atoms with Crippen LogP contribution >= 0.6 is 0 Å². The van der Waals surface area contributed by atoms with E-state index >= 15 is 0 Å². The fourth-order valence-corrected chi connectivity index (χ4v) is 1.31. The minimum atomic E-state index is 0. The molecule has 0 aromatic carbocycles. The van der Waals surface area contributed by atoms with Gasteiger partial charge in [-0.3, -0.25) is 0 Å². The second kappa shape index (κ2) is 3.09. The number of rotatable bonds is 0. The van der Waals surface area contributed by atoms with Crippen molar-refractivity contribution in [3.05, 3.63) is 0 Å². The topological polar surface area (TPSA) is 31.5 Å². The Morgan fingerprint density at radius 1 is 0.636 bits per heavy atom. The van der Waals surface area contributed by atoms with E-state index in [-0.39, 0.29) is 5.48 Å². The molecule has 0 unspecified atom stereocenters. The Morgan fingerprint density at radius 2 is 0.818 bits per heavy atom. The molecule has 11 heavy (non-hydrogen) atoms. The quantitative estimate of drug-likeness (QED) is 0.423. The first-order valence-corrected chi connectivity index (χ1v) is 4.05. The van der Waals surface area contributed by atoms with Crippen LogP contribution in [0.5, 0.6) is 0 Å².